The van der Waals surface area contributed by atoms with Gasteiger partial charge >= 0.3 is 6.18 Å². The Morgan fingerprint density at radius 3 is 2.50 bits per heavy atom. The lowest BCUT2D eigenvalue weighted by Gasteiger charge is -2.11. The van der Waals surface area contributed by atoms with E-state index in [2.05, 4.69) is 10.3 Å². The minimum absolute atomic E-state index is 0.0654. The predicted molar refractivity (Wildman–Crippen MR) is 59.0 cm³/mol. The molecule has 2 N–H and O–H groups in total. The molecule has 1 heterocycles. The Hall–Kier alpha value is -1.89. The van der Waals surface area contributed by atoms with Gasteiger partial charge in [-0.1, -0.05) is 17.3 Å². The maximum absolute atomic E-state index is 12.8. The number of hydrogen-bond acceptors (Lipinski definition) is 3. The van der Waals surface area contributed by atoms with Crippen molar-refractivity contribution in [2.24, 2.45) is 5.73 Å². The van der Waals surface area contributed by atoms with E-state index in [4.69, 9.17) is 5.73 Å². The number of hydrogen-bond donors (Lipinski definition) is 1. The quantitative estimate of drug-likeness (QED) is 0.897. The molecule has 0 fully saturated rings. The fourth-order valence-corrected chi connectivity index (χ4v) is 1.52. The molecular formula is C11H11F3N4. The molecule has 18 heavy (non-hydrogen) atoms. The zero-order valence-corrected chi connectivity index (χ0v) is 9.52. The molecule has 1 aromatic carbocycles. The molecule has 0 aliphatic carbocycles. The summed E-state index contributed by atoms with van der Waals surface area (Å²) in [5, 5.41) is 7.40. The largest absolute Gasteiger partial charge is 0.418 e. The zero-order valence-electron chi connectivity index (χ0n) is 9.52. The summed E-state index contributed by atoms with van der Waals surface area (Å²) in [6, 6.07) is 4.80. The number of aromatic nitrogens is 3. The molecule has 2 rings (SSSR count). The Kier molecular flexibility index (Phi) is 3.08. The van der Waals surface area contributed by atoms with Crippen molar-refractivity contribution in [3.63, 3.8) is 0 Å². The Morgan fingerprint density at radius 2 is 1.94 bits per heavy atom. The van der Waals surface area contributed by atoms with Crippen LogP contribution in [0.2, 0.25) is 0 Å². The van der Waals surface area contributed by atoms with Crippen molar-refractivity contribution >= 4 is 0 Å². The lowest BCUT2D eigenvalue weighted by molar-refractivity contribution is -0.137. The van der Waals surface area contributed by atoms with Crippen LogP contribution in [0.25, 0.3) is 5.69 Å². The van der Waals surface area contributed by atoms with Gasteiger partial charge < -0.3 is 5.73 Å². The smallest absolute Gasteiger partial charge is 0.323 e. The van der Waals surface area contributed by atoms with Gasteiger partial charge in [-0.15, -0.1) is 5.10 Å². The van der Waals surface area contributed by atoms with Crippen molar-refractivity contribution in [3.8, 4) is 5.69 Å². The molecule has 7 heteroatoms. The van der Waals surface area contributed by atoms with Crippen LogP contribution in [0, 0.1) is 0 Å². The lowest BCUT2D eigenvalue weighted by Crippen LogP contribution is -2.11. The summed E-state index contributed by atoms with van der Waals surface area (Å²) in [5.41, 5.74) is 5.20. The monoisotopic (exact) mass is 256 g/mol. The van der Waals surface area contributed by atoms with E-state index in [1.165, 1.54) is 24.4 Å². The maximum Gasteiger partial charge on any atom is 0.418 e. The van der Waals surface area contributed by atoms with Crippen LogP contribution in [-0.4, -0.2) is 15.0 Å². The van der Waals surface area contributed by atoms with Crippen LogP contribution in [0.15, 0.2) is 30.5 Å². The number of nitrogens with zero attached hydrogens (tertiary/aromatic N) is 3. The first-order valence-corrected chi connectivity index (χ1v) is 5.24. The molecule has 96 valence electrons. The van der Waals surface area contributed by atoms with E-state index in [1.54, 1.807) is 6.92 Å². The number of rotatable bonds is 2. The molecule has 1 atom stereocenters. The minimum atomic E-state index is -4.43. The summed E-state index contributed by atoms with van der Waals surface area (Å²) in [4.78, 5) is 0. The van der Waals surface area contributed by atoms with E-state index < -0.39 is 11.7 Å². The fraction of sp³-hybridized carbons (Fsp3) is 0.273. The van der Waals surface area contributed by atoms with E-state index in [-0.39, 0.29) is 11.7 Å². The summed E-state index contributed by atoms with van der Waals surface area (Å²) in [5.74, 6) is 0. The molecule has 0 spiro atoms. The summed E-state index contributed by atoms with van der Waals surface area (Å²) in [6.07, 6.45) is -3.04. The number of para-hydroxylation sites is 1. The topological polar surface area (TPSA) is 56.7 Å². The van der Waals surface area contributed by atoms with Gasteiger partial charge in [-0.25, -0.2) is 4.68 Å². The third-order valence-electron chi connectivity index (χ3n) is 2.43. The molecule has 4 nitrogen and oxygen atoms in total. The normalized spacial score (nSPS) is 13.6. The van der Waals surface area contributed by atoms with Crippen LogP contribution in [0.3, 0.4) is 0 Å². The van der Waals surface area contributed by atoms with Crippen LogP contribution >= 0.6 is 0 Å². The third kappa shape index (κ3) is 2.35. The van der Waals surface area contributed by atoms with Gasteiger partial charge in [-0.3, -0.25) is 0 Å². The van der Waals surface area contributed by atoms with Crippen molar-refractivity contribution in [1.82, 2.24) is 15.0 Å². The van der Waals surface area contributed by atoms with Gasteiger partial charge in [0.25, 0.3) is 0 Å². The van der Waals surface area contributed by atoms with Gasteiger partial charge in [-0.05, 0) is 19.1 Å². The van der Waals surface area contributed by atoms with Crippen LogP contribution in [0.1, 0.15) is 24.2 Å². The van der Waals surface area contributed by atoms with Gasteiger partial charge in [0.15, 0.2) is 0 Å². The maximum atomic E-state index is 12.8. The average Bonchev–Trinajstić information content (AvgIpc) is 2.77. The zero-order chi connectivity index (χ0) is 13.3. The van der Waals surface area contributed by atoms with Gasteiger partial charge in [-0.2, -0.15) is 13.2 Å². The highest BCUT2D eigenvalue weighted by atomic mass is 19.4. The molecule has 0 radical (unpaired) electrons. The summed E-state index contributed by atoms with van der Waals surface area (Å²) in [6.45, 7) is 1.68. The highest BCUT2D eigenvalue weighted by Crippen LogP contribution is 2.33. The fourth-order valence-electron chi connectivity index (χ4n) is 1.52. The van der Waals surface area contributed by atoms with Gasteiger partial charge in [0, 0.05) is 6.04 Å². The average molecular weight is 256 g/mol. The Morgan fingerprint density at radius 1 is 1.28 bits per heavy atom. The molecular weight excluding hydrogens is 245 g/mol. The standard InChI is InChI=1S/C11H11F3N4/c1-7(15)9-6-18(17-16-9)10-5-3-2-4-8(10)11(12,13)14/h2-7H,15H2,1H3. The van der Waals surface area contributed by atoms with Crippen molar-refractivity contribution in [1.29, 1.82) is 0 Å². The number of alkyl halides is 3. The Bertz CT molecular complexity index is 545. The van der Waals surface area contributed by atoms with Gasteiger partial charge in [0.05, 0.1) is 23.1 Å². The second-order valence-corrected chi connectivity index (χ2v) is 3.89. The van der Waals surface area contributed by atoms with E-state index in [9.17, 15) is 13.2 Å². The second kappa shape index (κ2) is 4.41. The molecule has 2 aromatic rings. The first-order valence-electron chi connectivity index (χ1n) is 5.24. The SMILES string of the molecule is CC(N)c1cn(-c2ccccc2C(F)(F)F)nn1. The highest BCUT2D eigenvalue weighted by Gasteiger charge is 2.34. The predicted octanol–water partition coefficient (Wildman–Crippen LogP) is 2.31. The molecule has 0 aliphatic heterocycles. The Labute approximate surface area is 101 Å². The number of nitrogens with two attached hydrogens (primary N) is 1. The minimum Gasteiger partial charge on any atom is -0.323 e. The number of benzene rings is 1. The van der Waals surface area contributed by atoms with Gasteiger partial charge in [0.1, 0.15) is 0 Å². The summed E-state index contributed by atoms with van der Waals surface area (Å²) < 4.78 is 39.5. The van der Waals surface area contributed by atoms with Crippen LogP contribution in [0.5, 0.6) is 0 Å². The molecule has 0 bridgehead atoms. The second-order valence-electron chi connectivity index (χ2n) is 3.89. The van der Waals surface area contributed by atoms with Crippen LogP contribution < -0.4 is 5.73 Å². The van der Waals surface area contributed by atoms with E-state index in [0.29, 0.717) is 5.69 Å². The van der Waals surface area contributed by atoms with E-state index in [1.807, 2.05) is 0 Å². The molecule has 0 saturated heterocycles. The van der Waals surface area contributed by atoms with Crippen LogP contribution in [-0.2, 0) is 6.18 Å². The summed E-state index contributed by atoms with van der Waals surface area (Å²) >= 11 is 0. The Balaban J connectivity index is 2.50. The highest BCUT2D eigenvalue weighted by molar-refractivity contribution is 5.42. The van der Waals surface area contributed by atoms with E-state index >= 15 is 0 Å². The molecule has 1 aromatic heterocycles. The van der Waals surface area contributed by atoms with Crippen molar-refractivity contribution in [2.75, 3.05) is 0 Å². The third-order valence-corrected chi connectivity index (χ3v) is 2.43. The molecule has 1 unspecified atom stereocenters. The first-order chi connectivity index (χ1) is 8.39. The van der Waals surface area contributed by atoms with Crippen LogP contribution in [0.4, 0.5) is 13.2 Å². The first kappa shape index (κ1) is 12.6. The van der Waals surface area contributed by atoms with Crippen molar-refractivity contribution in [2.45, 2.75) is 19.1 Å². The molecule has 0 aliphatic rings. The number of halogens is 3. The molecule has 0 amide bonds. The lowest BCUT2D eigenvalue weighted by atomic mass is 10.1. The van der Waals surface area contributed by atoms with Gasteiger partial charge in [0.2, 0.25) is 0 Å². The molecule has 0 saturated carbocycles. The van der Waals surface area contributed by atoms with Crippen molar-refractivity contribution in [3.05, 3.63) is 41.7 Å². The van der Waals surface area contributed by atoms with E-state index in [0.717, 1.165) is 10.7 Å². The van der Waals surface area contributed by atoms with Crippen molar-refractivity contribution < 1.29 is 13.2 Å². The summed E-state index contributed by atoms with van der Waals surface area (Å²) in [7, 11) is 0.